The maximum atomic E-state index is 12.5. The Labute approximate surface area is 174 Å². The number of aliphatic hydroxyl groups is 1. The highest BCUT2D eigenvalue weighted by Gasteiger charge is 2.48. The van der Waals surface area contributed by atoms with E-state index in [9.17, 15) is 9.90 Å². The highest BCUT2D eigenvalue weighted by atomic mass is 16.5. The Kier molecular flexibility index (Phi) is 4.41. The molecule has 1 aliphatic carbocycles. The number of carbonyl (C=O) groups is 1. The number of aliphatic hydroxyl groups excluding tert-OH is 1. The molecule has 1 aliphatic heterocycles. The predicted octanol–water partition coefficient (Wildman–Crippen LogP) is 2.79. The molecule has 1 spiro atoms. The van der Waals surface area contributed by atoms with Crippen molar-refractivity contribution in [3.8, 4) is 35.2 Å². The molecule has 3 aromatic rings. The van der Waals surface area contributed by atoms with Gasteiger partial charge in [-0.15, -0.1) is 6.42 Å². The molecule has 6 nitrogen and oxygen atoms in total. The third-order valence-electron chi connectivity index (χ3n) is 6.27. The van der Waals surface area contributed by atoms with Crippen molar-refractivity contribution in [2.24, 2.45) is 0 Å². The number of hydrogen-bond donors (Lipinski definition) is 1. The lowest BCUT2D eigenvalue weighted by molar-refractivity contribution is -0.128. The van der Waals surface area contributed by atoms with E-state index in [1.54, 1.807) is 4.90 Å². The molecule has 150 valence electrons. The van der Waals surface area contributed by atoms with E-state index < -0.39 is 0 Å². The smallest absolute Gasteiger partial charge is 0.258 e. The van der Waals surface area contributed by atoms with E-state index in [4.69, 9.17) is 10.9 Å². The van der Waals surface area contributed by atoms with Gasteiger partial charge in [0.1, 0.15) is 0 Å². The van der Waals surface area contributed by atoms with E-state index in [1.165, 1.54) is 11.1 Å². The Hall–Kier alpha value is -3.43. The second-order valence-corrected chi connectivity index (χ2v) is 7.97. The zero-order valence-electron chi connectivity index (χ0n) is 16.5. The van der Waals surface area contributed by atoms with E-state index in [-0.39, 0.29) is 17.9 Å². The first kappa shape index (κ1) is 18.6. The lowest BCUT2D eigenvalue weighted by Gasteiger charge is -2.24. The third kappa shape index (κ3) is 2.90. The lowest BCUT2D eigenvalue weighted by atomic mass is 9.80. The number of terminal acetylenes is 1. The number of aromatic nitrogens is 2. The van der Waals surface area contributed by atoms with Crippen LogP contribution >= 0.6 is 0 Å². The minimum absolute atomic E-state index is 0.0112. The predicted molar refractivity (Wildman–Crippen MR) is 111 cm³/mol. The van der Waals surface area contributed by atoms with Gasteiger partial charge in [0.15, 0.2) is 0 Å². The number of likely N-dealkylation sites (tertiary alicyclic amines) is 1. The molecular formula is C24H21N3O3. The highest BCUT2D eigenvalue weighted by molar-refractivity contribution is 5.82. The summed E-state index contributed by atoms with van der Waals surface area (Å²) >= 11 is 0. The van der Waals surface area contributed by atoms with Crippen LogP contribution in [0.5, 0.6) is 0 Å². The van der Waals surface area contributed by atoms with Crippen LogP contribution in [0.1, 0.15) is 29.5 Å². The van der Waals surface area contributed by atoms with Gasteiger partial charge in [-0.25, -0.2) is 0 Å². The van der Waals surface area contributed by atoms with Crippen molar-refractivity contribution in [2.75, 3.05) is 19.7 Å². The van der Waals surface area contributed by atoms with Gasteiger partial charge in [0.2, 0.25) is 11.7 Å². The van der Waals surface area contributed by atoms with Crippen LogP contribution in [0.15, 0.2) is 47.0 Å². The molecule has 1 N–H and O–H groups in total. The molecule has 1 fully saturated rings. The first-order chi connectivity index (χ1) is 14.6. The van der Waals surface area contributed by atoms with Gasteiger partial charge in [0.05, 0.1) is 6.61 Å². The average molecular weight is 399 g/mol. The average Bonchev–Trinajstić information content (AvgIpc) is 3.47. The Bertz CT molecular complexity index is 1160. The molecular weight excluding hydrogens is 378 g/mol. The summed E-state index contributed by atoms with van der Waals surface area (Å²) in [4.78, 5) is 18.8. The maximum Gasteiger partial charge on any atom is 0.258 e. The molecule has 2 heterocycles. The summed E-state index contributed by atoms with van der Waals surface area (Å²) in [6, 6.07) is 13.6. The monoisotopic (exact) mass is 399 g/mol. The minimum Gasteiger partial charge on any atom is -0.395 e. The largest absolute Gasteiger partial charge is 0.395 e. The molecule has 5 rings (SSSR count). The van der Waals surface area contributed by atoms with Crippen molar-refractivity contribution in [1.29, 1.82) is 0 Å². The van der Waals surface area contributed by atoms with Crippen LogP contribution < -0.4 is 0 Å². The molecule has 1 amide bonds. The van der Waals surface area contributed by atoms with Gasteiger partial charge < -0.3 is 14.5 Å². The molecule has 0 unspecified atom stereocenters. The lowest BCUT2D eigenvalue weighted by Crippen LogP contribution is -2.32. The fourth-order valence-corrected chi connectivity index (χ4v) is 4.80. The van der Waals surface area contributed by atoms with Crippen LogP contribution in [-0.2, 0) is 16.6 Å². The summed E-state index contributed by atoms with van der Waals surface area (Å²) in [7, 11) is 0. The van der Waals surface area contributed by atoms with E-state index >= 15 is 0 Å². The maximum absolute atomic E-state index is 12.5. The number of amides is 1. The number of carbonyl (C=O) groups excluding carboxylic acids is 1. The third-order valence-corrected chi connectivity index (χ3v) is 6.27. The molecule has 6 heteroatoms. The Morgan fingerprint density at radius 2 is 2.07 bits per heavy atom. The van der Waals surface area contributed by atoms with Crippen molar-refractivity contribution in [2.45, 2.75) is 24.7 Å². The number of hydrogen-bond acceptors (Lipinski definition) is 5. The molecule has 2 aromatic carbocycles. The summed E-state index contributed by atoms with van der Waals surface area (Å²) in [5.41, 5.74) is 4.76. The topological polar surface area (TPSA) is 79.5 Å². The van der Waals surface area contributed by atoms with Crippen molar-refractivity contribution in [1.82, 2.24) is 15.0 Å². The van der Waals surface area contributed by atoms with Crippen LogP contribution in [0.2, 0.25) is 0 Å². The SMILES string of the molecule is C#Cc1ccc(-c2nc(-c3cccc4c3CC[C@@]43CC(=O)N(CCO)C3)no2)cc1. The van der Waals surface area contributed by atoms with E-state index in [0.29, 0.717) is 31.2 Å². The molecule has 1 atom stereocenters. The number of β-amino-alcohol motifs (C(OH)–C–C–N with tert-alkyl or cyclic N) is 1. The number of benzene rings is 2. The summed E-state index contributed by atoms with van der Waals surface area (Å²) in [5.74, 6) is 3.71. The molecule has 0 saturated carbocycles. The van der Waals surface area contributed by atoms with Crippen molar-refractivity contribution >= 4 is 5.91 Å². The van der Waals surface area contributed by atoms with Gasteiger partial charge >= 0.3 is 0 Å². The van der Waals surface area contributed by atoms with Gasteiger partial charge in [-0.1, -0.05) is 29.3 Å². The number of fused-ring (bicyclic) bond motifs is 2. The highest BCUT2D eigenvalue weighted by Crippen LogP contribution is 2.48. The fourth-order valence-electron chi connectivity index (χ4n) is 4.80. The molecule has 0 radical (unpaired) electrons. The van der Waals surface area contributed by atoms with Crippen molar-refractivity contribution < 1.29 is 14.4 Å². The molecule has 30 heavy (non-hydrogen) atoms. The zero-order chi connectivity index (χ0) is 20.7. The van der Waals surface area contributed by atoms with E-state index in [2.05, 4.69) is 22.1 Å². The summed E-state index contributed by atoms with van der Waals surface area (Å²) in [5, 5.41) is 13.5. The van der Waals surface area contributed by atoms with Crippen LogP contribution in [-0.4, -0.2) is 45.8 Å². The van der Waals surface area contributed by atoms with Gasteiger partial charge in [-0.3, -0.25) is 4.79 Å². The Balaban J connectivity index is 1.48. The van der Waals surface area contributed by atoms with Crippen LogP contribution in [0.25, 0.3) is 22.8 Å². The second kappa shape index (κ2) is 7.12. The number of nitrogens with zero attached hydrogens (tertiary/aromatic N) is 3. The standard InChI is InChI=1S/C24H21N3O3/c1-2-16-6-8-17(9-7-16)23-25-22(26-30-23)19-4-3-5-20-18(19)10-11-24(20)14-21(29)27(15-24)12-13-28/h1,3-9,28H,10-15H2/t24-/m0/s1. The fraction of sp³-hybridized carbons (Fsp3) is 0.292. The van der Waals surface area contributed by atoms with Crippen LogP contribution in [0.3, 0.4) is 0 Å². The molecule has 0 bridgehead atoms. The van der Waals surface area contributed by atoms with Gasteiger partial charge in [0, 0.05) is 41.6 Å². The molecule has 1 aromatic heterocycles. The Morgan fingerprint density at radius 1 is 1.23 bits per heavy atom. The quantitative estimate of drug-likeness (QED) is 0.683. The minimum atomic E-state index is -0.185. The van der Waals surface area contributed by atoms with Gasteiger partial charge in [0.25, 0.3) is 5.89 Å². The number of rotatable bonds is 4. The van der Waals surface area contributed by atoms with Gasteiger partial charge in [-0.05, 0) is 48.2 Å². The summed E-state index contributed by atoms with van der Waals surface area (Å²) in [6.07, 6.45) is 7.68. The molecule has 1 saturated heterocycles. The van der Waals surface area contributed by atoms with Crippen molar-refractivity contribution in [3.63, 3.8) is 0 Å². The normalized spacial score (nSPS) is 20.0. The zero-order valence-corrected chi connectivity index (χ0v) is 16.5. The second-order valence-electron chi connectivity index (χ2n) is 7.97. The first-order valence-electron chi connectivity index (χ1n) is 10.1. The van der Waals surface area contributed by atoms with Gasteiger partial charge in [-0.2, -0.15) is 4.98 Å². The van der Waals surface area contributed by atoms with Crippen LogP contribution in [0, 0.1) is 12.3 Å². The van der Waals surface area contributed by atoms with Crippen LogP contribution in [0.4, 0.5) is 0 Å². The molecule has 2 aliphatic rings. The van der Waals surface area contributed by atoms with E-state index in [1.807, 2.05) is 36.4 Å². The van der Waals surface area contributed by atoms with E-state index in [0.717, 1.165) is 29.5 Å². The summed E-state index contributed by atoms with van der Waals surface area (Å²) in [6.45, 7) is 1.03. The summed E-state index contributed by atoms with van der Waals surface area (Å²) < 4.78 is 5.52. The van der Waals surface area contributed by atoms with Crippen molar-refractivity contribution in [3.05, 3.63) is 59.2 Å². The first-order valence-corrected chi connectivity index (χ1v) is 10.1. The Morgan fingerprint density at radius 3 is 2.83 bits per heavy atom.